The molecule has 0 bridgehead atoms. The summed E-state index contributed by atoms with van der Waals surface area (Å²) < 4.78 is 39.4. The van der Waals surface area contributed by atoms with Gasteiger partial charge in [0.15, 0.2) is 0 Å². The predicted molar refractivity (Wildman–Crippen MR) is 91.1 cm³/mol. The number of benzene rings is 1. The second-order valence-corrected chi connectivity index (χ2v) is 5.32. The molecule has 0 aliphatic carbocycles. The van der Waals surface area contributed by atoms with Crippen molar-refractivity contribution in [1.29, 1.82) is 0 Å². The number of halogens is 3. The molecule has 26 heavy (non-hydrogen) atoms. The van der Waals surface area contributed by atoms with Gasteiger partial charge in [0.2, 0.25) is 5.88 Å². The van der Waals surface area contributed by atoms with Crippen molar-refractivity contribution in [2.45, 2.75) is 26.1 Å². The Bertz CT molecular complexity index is 972. The first-order valence-electron chi connectivity index (χ1n) is 7.61. The van der Waals surface area contributed by atoms with E-state index in [1.54, 1.807) is 6.92 Å². The fourth-order valence-corrected chi connectivity index (χ4v) is 2.34. The summed E-state index contributed by atoms with van der Waals surface area (Å²) in [5, 5.41) is 10.3. The maximum atomic E-state index is 12.8. The first-order chi connectivity index (χ1) is 12.2. The molecular weight excluding hydrogens is 351 g/mol. The van der Waals surface area contributed by atoms with Crippen molar-refractivity contribution in [3.63, 3.8) is 0 Å². The first-order valence-corrected chi connectivity index (χ1v) is 7.61. The summed E-state index contributed by atoms with van der Waals surface area (Å²) in [4.78, 5) is 30.0. The number of aromatic amines is 1. The number of aromatic hydroxyl groups is 1. The standard InChI is InChI=1S/C17H16F3N3O3/c1-3-8-23-15(25)13(14(24)22-16(23)26)12(4-2)21-11-7-5-6-10(9-11)17(18,19)20/h3,5-7,9,25H,1,4,8H2,2H3,(H,22,24,26). The molecular formula is C17H16F3N3O3. The van der Waals surface area contributed by atoms with Crippen LogP contribution < -0.4 is 11.2 Å². The second-order valence-electron chi connectivity index (χ2n) is 5.32. The maximum absolute atomic E-state index is 12.8. The Kier molecular flexibility index (Phi) is 5.49. The molecule has 2 aromatic rings. The van der Waals surface area contributed by atoms with E-state index in [2.05, 4.69) is 16.6 Å². The van der Waals surface area contributed by atoms with Gasteiger partial charge in [-0.3, -0.25) is 19.3 Å². The highest BCUT2D eigenvalue weighted by Gasteiger charge is 2.30. The van der Waals surface area contributed by atoms with Gasteiger partial charge in [-0.15, -0.1) is 6.58 Å². The average molecular weight is 367 g/mol. The van der Waals surface area contributed by atoms with E-state index in [0.717, 1.165) is 16.7 Å². The van der Waals surface area contributed by atoms with Crippen LogP contribution in [0.1, 0.15) is 24.5 Å². The van der Waals surface area contributed by atoms with E-state index in [-0.39, 0.29) is 29.9 Å². The van der Waals surface area contributed by atoms with Crippen LogP contribution in [0.15, 0.2) is 51.5 Å². The minimum absolute atomic E-state index is 0.0306. The molecule has 1 aromatic heterocycles. The summed E-state index contributed by atoms with van der Waals surface area (Å²) in [6.07, 6.45) is -3.05. The van der Waals surface area contributed by atoms with E-state index < -0.39 is 28.9 Å². The van der Waals surface area contributed by atoms with Gasteiger partial charge in [0.05, 0.1) is 17.0 Å². The van der Waals surface area contributed by atoms with Gasteiger partial charge in [-0.25, -0.2) is 4.79 Å². The van der Waals surface area contributed by atoms with Gasteiger partial charge in [-0.2, -0.15) is 13.2 Å². The number of aliphatic imine (C=N–C) groups is 1. The van der Waals surface area contributed by atoms with Crippen molar-refractivity contribution >= 4 is 11.4 Å². The third-order valence-electron chi connectivity index (χ3n) is 3.54. The SMILES string of the molecule is C=CCn1c(O)c(C(CC)=Nc2cccc(C(F)(F)F)c2)c(=O)[nH]c1=O. The lowest BCUT2D eigenvalue weighted by molar-refractivity contribution is -0.137. The van der Waals surface area contributed by atoms with Gasteiger partial charge >= 0.3 is 11.9 Å². The van der Waals surface area contributed by atoms with Crippen molar-refractivity contribution in [2.75, 3.05) is 0 Å². The minimum atomic E-state index is -4.53. The van der Waals surface area contributed by atoms with Crippen LogP contribution in [0.3, 0.4) is 0 Å². The molecule has 0 spiro atoms. The Hall–Kier alpha value is -3.10. The molecule has 9 heteroatoms. The van der Waals surface area contributed by atoms with Crippen LogP contribution in [-0.2, 0) is 12.7 Å². The van der Waals surface area contributed by atoms with E-state index in [9.17, 15) is 27.9 Å². The molecule has 0 saturated carbocycles. The zero-order valence-corrected chi connectivity index (χ0v) is 13.8. The van der Waals surface area contributed by atoms with Crippen LogP contribution in [-0.4, -0.2) is 20.4 Å². The molecule has 2 rings (SSSR count). The number of H-pyrrole nitrogens is 1. The van der Waals surface area contributed by atoms with Crippen LogP contribution in [0.5, 0.6) is 5.88 Å². The van der Waals surface area contributed by atoms with Gasteiger partial charge < -0.3 is 5.11 Å². The summed E-state index contributed by atoms with van der Waals surface area (Å²) in [5.41, 5.74) is -2.85. The van der Waals surface area contributed by atoms with E-state index in [1.807, 2.05) is 0 Å². The number of hydrogen-bond donors (Lipinski definition) is 2. The quantitative estimate of drug-likeness (QED) is 0.629. The molecule has 0 aliphatic heterocycles. The minimum Gasteiger partial charge on any atom is -0.494 e. The van der Waals surface area contributed by atoms with Crippen molar-refractivity contribution in [2.24, 2.45) is 4.99 Å². The van der Waals surface area contributed by atoms with Gasteiger partial charge in [0, 0.05) is 6.54 Å². The van der Waals surface area contributed by atoms with E-state index in [1.165, 1.54) is 18.2 Å². The fraction of sp³-hybridized carbons (Fsp3) is 0.235. The summed E-state index contributed by atoms with van der Waals surface area (Å²) in [6, 6.07) is 4.27. The third-order valence-corrected chi connectivity index (χ3v) is 3.54. The normalized spacial score (nSPS) is 12.2. The van der Waals surface area contributed by atoms with Crippen LogP contribution >= 0.6 is 0 Å². The third kappa shape index (κ3) is 3.93. The first kappa shape index (κ1) is 19.2. The Morgan fingerprint density at radius 2 is 2.08 bits per heavy atom. The molecule has 0 aliphatic rings. The summed E-state index contributed by atoms with van der Waals surface area (Å²) in [6.45, 7) is 5.01. The number of hydrogen-bond acceptors (Lipinski definition) is 4. The summed E-state index contributed by atoms with van der Waals surface area (Å²) >= 11 is 0. The van der Waals surface area contributed by atoms with Crippen molar-refractivity contribution in [3.8, 4) is 5.88 Å². The molecule has 0 fully saturated rings. The van der Waals surface area contributed by atoms with E-state index in [0.29, 0.717) is 0 Å². The zero-order chi connectivity index (χ0) is 19.5. The smallest absolute Gasteiger partial charge is 0.416 e. The highest BCUT2D eigenvalue weighted by atomic mass is 19.4. The van der Waals surface area contributed by atoms with E-state index in [4.69, 9.17) is 0 Å². The highest BCUT2D eigenvalue weighted by molar-refractivity contribution is 6.03. The van der Waals surface area contributed by atoms with Gasteiger partial charge in [-0.1, -0.05) is 19.1 Å². The molecule has 2 N–H and O–H groups in total. The van der Waals surface area contributed by atoms with Crippen molar-refractivity contribution in [3.05, 3.63) is 68.9 Å². The average Bonchev–Trinajstić information content (AvgIpc) is 2.57. The highest BCUT2D eigenvalue weighted by Crippen LogP contribution is 2.31. The molecule has 1 aromatic carbocycles. The van der Waals surface area contributed by atoms with Crippen LogP contribution in [0, 0.1) is 0 Å². The zero-order valence-electron chi connectivity index (χ0n) is 13.8. The molecule has 0 saturated heterocycles. The molecule has 1 heterocycles. The van der Waals surface area contributed by atoms with Gasteiger partial charge in [0.1, 0.15) is 5.56 Å². The number of nitrogens with zero attached hydrogens (tertiary/aromatic N) is 2. The van der Waals surface area contributed by atoms with Crippen molar-refractivity contribution < 1.29 is 18.3 Å². The van der Waals surface area contributed by atoms with Gasteiger partial charge in [-0.05, 0) is 24.6 Å². The molecule has 138 valence electrons. The topological polar surface area (TPSA) is 87.4 Å². The largest absolute Gasteiger partial charge is 0.494 e. The lowest BCUT2D eigenvalue weighted by atomic mass is 10.1. The number of allylic oxidation sites excluding steroid dienone is 1. The number of nitrogens with one attached hydrogen (secondary N) is 1. The molecule has 0 amide bonds. The number of rotatable bonds is 5. The van der Waals surface area contributed by atoms with E-state index >= 15 is 0 Å². The van der Waals surface area contributed by atoms with Crippen molar-refractivity contribution in [1.82, 2.24) is 9.55 Å². The molecule has 0 atom stereocenters. The summed E-state index contributed by atoms with van der Waals surface area (Å²) in [7, 11) is 0. The Morgan fingerprint density at radius 1 is 1.38 bits per heavy atom. The number of alkyl halides is 3. The maximum Gasteiger partial charge on any atom is 0.416 e. The molecule has 6 nitrogen and oxygen atoms in total. The monoisotopic (exact) mass is 367 g/mol. The number of aromatic nitrogens is 2. The van der Waals surface area contributed by atoms with Crippen LogP contribution in [0.4, 0.5) is 18.9 Å². The lowest BCUT2D eigenvalue weighted by Crippen LogP contribution is -2.33. The fourth-order valence-electron chi connectivity index (χ4n) is 2.34. The predicted octanol–water partition coefficient (Wildman–Crippen LogP) is 2.98. The molecule has 0 radical (unpaired) electrons. The Morgan fingerprint density at radius 3 is 2.65 bits per heavy atom. The Labute approximate surface area is 146 Å². The lowest BCUT2D eigenvalue weighted by Gasteiger charge is -2.11. The Balaban J connectivity index is 2.65. The van der Waals surface area contributed by atoms with Crippen LogP contribution in [0.25, 0.3) is 0 Å². The van der Waals surface area contributed by atoms with Crippen LogP contribution in [0.2, 0.25) is 0 Å². The van der Waals surface area contributed by atoms with Gasteiger partial charge in [0.25, 0.3) is 5.56 Å². The molecule has 0 unspecified atom stereocenters. The summed E-state index contributed by atoms with van der Waals surface area (Å²) in [5.74, 6) is -0.619. The second kappa shape index (κ2) is 7.42.